The molecule has 0 aromatic rings. The molecule has 2 aliphatic carbocycles. The van der Waals surface area contributed by atoms with Gasteiger partial charge in [-0.1, -0.05) is 13.8 Å². The van der Waals surface area contributed by atoms with Crippen molar-refractivity contribution in [2.24, 2.45) is 11.3 Å². The zero-order valence-corrected chi connectivity index (χ0v) is 12.5. The van der Waals surface area contributed by atoms with E-state index in [-0.39, 0.29) is 30.6 Å². The second-order valence-corrected chi connectivity index (χ2v) is 6.34. The molecule has 0 aromatic carbocycles. The minimum Gasteiger partial charge on any atom is -0.308 e. The van der Waals surface area contributed by atoms with Crippen molar-refractivity contribution < 1.29 is 22.4 Å². The van der Waals surface area contributed by atoms with Gasteiger partial charge in [0.2, 0.25) is 0 Å². The van der Waals surface area contributed by atoms with Gasteiger partial charge in [0.25, 0.3) is 0 Å². The standard InChI is InChI=1S/C15H23F4NO/c1-3-12(21)11(20-4-2)9-10-5-7-13(8-6-10)14(16,17)15(13,18)19/h10-11,20H,3-9H2,1-2H3. The van der Waals surface area contributed by atoms with Crippen molar-refractivity contribution in [1.29, 1.82) is 0 Å². The summed E-state index contributed by atoms with van der Waals surface area (Å²) in [5, 5.41) is 3.10. The Morgan fingerprint density at radius 3 is 2.05 bits per heavy atom. The van der Waals surface area contributed by atoms with Crippen LogP contribution in [0, 0.1) is 11.3 Å². The van der Waals surface area contributed by atoms with Gasteiger partial charge in [0.05, 0.1) is 6.04 Å². The maximum absolute atomic E-state index is 13.3. The number of Topliss-reactive ketones (excluding diaryl/α,β-unsaturated/α-hetero) is 1. The maximum Gasteiger partial charge on any atom is 0.322 e. The Morgan fingerprint density at radius 1 is 1.14 bits per heavy atom. The normalized spacial score (nSPS) is 27.5. The van der Waals surface area contributed by atoms with Crippen molar-refractivity contribution in [3.8, 4) is 0 Å². The minimum atomic E-state index is -3.84. The van der Waals surface area contributed by atoms with E-state index in [2.05, 4.69) is 5.32 Å². The summed E-state index contributed by atoms with van der Waals surface area (Å²) in [6, 6.07) is -0.278. The molecule has 1 unspecified atom stereocenters. The highest BCUT2D eigenvalue weighted by Gasteiger charge is 2.95. The van der Waals surface area contributed by atoms with Crippen LogP contribution in [0.1, 0.15) is 52.4 Å². The average Bonchev–Trinajstić information content (AvgIpc) is 2.77. The van der Waals surface area contributed by atoms with Crippen molar-refractivity contribution in [2.75, 3.05) is 6.54 Å². The van der Waals surface area contributed by atoms with Gasteiger partial charge in [-0.05, 0) is 44.6 Å². The van der Waals surface area contributed by atoms with E-state index < -0.39 is 17.3 Å². The highest BCUT2D eigenvalue weighted by molar-refractivity contribution is 5.83. The van der Waals surface area contributed by atoms with E-state index in [1.54, 1.807) is 6.92 Å². The molecule has 0 bridgehead atoms. The first-order valence-corrected chi connectivity index (χ1v) is 7.75. The van der Waals surface area contributed by atoms with Crippen molar-refractivity contribution in [3.63, 3.8) is 0 Å². The van der Waals surface area contributed by atoms with Crippen LogP contribution in [-0.4, -0.2) is 30.2 Å². The minimum absolute atomic E-state index is 0.0716. The number of halogens is 4. The lowest BCUT2D eigenvalue weighted by atomic mass is 9.76. The lowest BCUT2D eigenvalue weighted by Gasteiger charge is -2.30. The zero-order valence-electron chi connectivity index (χ0n) is 12.5. The molecule has 2 fully saturated rings. The summed E-state index contributed by atoms with van der Waals surface area (Å²) in [6.07, 6.45) is 1.40. The molecule has 122 valence electrons. The van der Waals surface area contributed by atoms with Gasteiger partial charge in [-0.15, -0.1) is 0 Å². The molecule has 0 heterocycles. The topological polar surface area (TPSA) is 29.1 Å². The van der Waals surface area contributed by atoms with Gasteiger partial charge in [0.1, 0.15) is 11.2 Å². The molecule has 2 aliphatic rings. The van der Waals surface area contributed by atoms with Crippen LogP contribution in [0.25, 0.3) is 0 Å². The van der Waals surface area contributed by atoms with Crippen LogP contribution in [0.3, 0.4) is 0 Å². The van der Waals surface area contributed by atoms with Gasteiger partial charge in [-0.2, -0.15) is 17.6 Å². The fourth-order valence-electron chi connectivity index (χ4n) is 3.71. The number of rotatable bonds is 6. The number of likely N-dealkylation sites (N-methyl/N-ethyl adjacent to an activating group) is 1. The molecule has 1 spiro atoms. The van der Waals surface area contributed by atoms with E-state index in [0.29, 0.717) is 32.2 Å². The van der Waals surface area contributed by atoms with Crippen molar-refractivity contribution in [1.82, 2.24) is 5.32 Å². The predicted octanol–water partition coefficient (Wildman–Crippen LogP) is 3.79. The lowest BCUT2D eigenvalue weighted by Crippen LogP contribution is -2.39. The number of hydrogen-bond donors (Lipinski definition) is 1. The SMILES string of the molecule is CCNC(CC1CCC2(CC1)C(F)(F)C2(F)F)C(=O)CC. The Balaban J connectivity index is 1.91. The largest absolute Gasteiger partial charge is 0.322 e. The summed E-state index contributed by atoms with van der Waals surface area (Å²) in [7, 11) is 0. The number of hydrogen-bond acceptors (Lipinski definition) is 2. The third-order valence-electron chi connectivity index (χ3n) is 5.25. The summed E-state index contributed by atoms with van der Waals surface area (Å²) in [5.41, 5.74) is -2.10. The number of carbonyl (C=O) groups excluding carboxylic acids is 1. The summed E-state index contributed by atoms with van der Waals surface area (Å²) in [5.74, 6) is -7.52. The van der Waals surface area contributed by atoms with E-state index in [0.717, 1.165) is 0 Å². The number of nitrogens with one attached hydrogen (secondary N) is 1. The van der Waals surface area contributed by atoms with Crippen LogP contribution in [0.2, 0.25) is 0 Å². The van der Waals surface area contributed by atoms with Crippen LogP contribution < -0.4 is 5.32 Å². The zero-order chi connectivity index (χ0) is 15.9. The van der Waals surface area contributed by atoms with Gasteiger partial charge in [0, 0.05) is 6.42 Å². The van der Waals surface area contributed by atoms with Gasteiger partial charge in [-0.25, -0.2) is 0 Å². The fraction of sp³-hybridized carbons (Fsp3) is 0.933. The second kappa shape index (κ2) is 5.52. The third kappa shape index (κ3) is 2.39. The van der Waals surface area contributed by atoms with Crippen molar-refractivity contribution in [3.05, 3.63) is 0 Å². The monoisotopic (exact) mass is 309 g/mol. The molecule has 0 aliphatic heterocycles. The number of carbonyl (C=O) groups is 1. The molecule has 2 nitrogen and oxygen atoms in total. The number of alkyl halides is 4. The van der Waals surface area contributed by atoms with Gasteiger partial charge in [0.15, 0.2) is 0 Å². The van der Waals surface area contributed by atoms with Crippen LogP contribution in [0.5, 0.6) is 0 Å². The van der Waals surface area contributed by atoms with Crippen LogP contribution >= 0.6 is 0 Å². The first-order valence-electron chi connectivity index (χ1n) is 7.75. The van der Waals surface area contributed by atoms with E-state index in [4.69, 9.17) is 0 Å². The van der Waals surface area contributed by atoms with Gasteiger partial charge in [-0.3, -0.25) is 4.79 Å². The Kier molecular flexibility index (Phi) is 4.40. The molecular weight excluding hydrogens is 286 g/mol. The predicted molar refractivity (Wildman–Crippen MR) is 71.7 cm³/mol. The fourth-order valence-corrected chi connectivity index (χ4v) is 3.71. The molecule has 0 saturated heterocycles. The molecule has 1 N–H and O–H groups in total. The molecule has 2 saturated carbocycles. The summed E-state index contributed by atoms with van der Waals surface area (Å²) >= 11 is 0. The van der Waals surface area contributed by atoms with E-state index in [1.165, 1.54) is 0 Å². The van der Waals surface area contributed by atoms with Crippen molar-refractivity contribution in [2.45, 2.75) is 70.3 Å². The Morgan fingerprint density at radius 2 is 1.67 bits per heavy atom. The molecular formula is C15H23F4NO. The maximum atomic E-state index is 13.3. The molecule has 6 heteroatoms. The molecule has 0 aromatic heterocycles. The molecule has 2 rings (SSSR count). The van der Waals surface area contributed by atoms with Gasteiger partial charge < -0.3 is 5.32 Å². The van der Waals surface area contributed by atoms with Crippen LogP contribution in [0.15, 0.2) is 0 Å². The van der Waals surface area contributed by atoms with Crippen LogP contribution in [-0.2, 0) is 4.79 Å². The Hall–Kier alpha value is -0.650. The van der Waals surface area contributed by atoms with Crippen LogP contribution in [0.4, 0.5) is 17.6 Å². The summed E-state index contributed by atoms with van der Waals surface area (Å²) in [6.45, 7) is 4.34. The summed E-state index contributed by atoms with van der Waals surface area (Å²) < 4.78 is 53.3. The Bertz CT molecular complexity index is 386. The van der Waals surface area contributed by atoms with Gasteiger partial charge >= 0.3 is 11.8 Å². The molecule has 0 amide bonds. The quantitative estimate of drug-likeness (QED) is 0.756. The highest BCUT2D eigenvalue weighted by Crippen LogP contribution is 2.77. The van der Waals surface area contributed by atoms with E-state index in [1.807, 2.05) is 6.92 Å². The first kappa shape index (κ1) is 16.7. The molecule has 1 atom stereocenters. The molecule has 0 radical (unpaired) electrons. The second-order valence-electron chi connectivity index (χ2n) is 6.34. The lowest BCUT2D eigenvalue weighted by molar-refractivity contribution is -0.121. The summed E-state index contributed by atoms with van der Waals surface area (Å²) in [4.78, 5) is 11.8. The van der Waals surface area contributed by atoms with Crippen molar-refractivity contribution >= 4 is 5.78 Å². The Labute approximate surface area is 122 Å². The smallest absolute Gasteiger partial charge is 0.308 e. The molecule has 21 heavy (non-hydrogen) atoms. The highest BCUT2D eigenvalue weighted by atomic mass is 19.3. The third-order valence-corrected chi connectivity index (χ3v) is 5.25. The van der Waals surface area contributed by atoms with E-state index >= 15 is 0 Å². The van der Waals surface area contributed by atoms with E-state index in [9.17, 15) is 22.4 Å². The average molecular weight is 309 g/mol. The first-order chi connectivity index (χ1) is 9.73. The number of ketones is 1.